The third-order valence-electron chi connectivity index (χ3n) is 3.17. The zero-order chi connectivity index (χ0) is 13.8. The standard InChI is InChI=1S/C14H20ClNO2/c1-10(2)14(3,18)9-16-13(17)8-11-4-6-12(15)7-5-11/h4-7,10,18H,8-9H2,1-3H3,(H,16,17). The number of carbonyl (C=O) groups excluding carboxylic acids is 1. The molecule has 0 radical (unpaired) electrons. The van der Waals surface area contributed by atoms with E-state index in [-0.39, 0.29) is 18.4 Å². The van der Waals surface area contributed by atoms with Gasteiger partial charge in [-0.05, 0) is 30.5 Å². The van der Waals surface area contributed by atoms with Crippen molar-refractivity contribution in [2.45, 2.75) is 32.8 Å². The summed E-state index contributed by atoms with van der Waals surface area (Å²) in [6.07, 6.45) is 0.297. The summed E-state index contributed by atoms with van der Waals surface area (Å²) in [4.78, 5) is 11.7. The molecule has 0 bridgehead atoms. The molecule has 1 atom stereocenters. The van der Waals surface area contributed by atoms with Crippen molar-refractivity contribution in [3.8, 4) is 0 Å². The summed E-state index contributed by atoms with van der Waals surface area (Å²) in [7, 11) is 0. The number of halogens is 1. The van der Waals surface area contributed by atoms with Crippen LogP contribution in [0.15, 0.2) is 24.3 Å². The number of benzene rings is 1. The molecule has 0 saturated carbocycles. The molecule has 1 rings (SSSR count). The van der Waals surface area contributed by atoms with Crippen molar-refractivity contribution < 1.29 is 9.90 Å². The summed E-state index contributed by atoms with van der Waals surface area (Å²) in [5, 5.41) is 13.4. The van der Waals surface area contributed by atoms with Crippen LogP contribution in [0.4, 0.5) is 0 Å². The van der Waals surface area contributed by atoms with Gasteiger partial charge in [-0.25, -0.2) is 0 Å². The maximum Gasteiger partial charge on any atom is 0.224 e. The summed E-state index contributed by atoms with van der Waals surface area (Å²) >= 11 is 5.77. The zero-order valence-electron chi connectivity index (χ0n) is 11.0. The molecule has 0 aliphatic heterocycles. The van der Waals surface area contributed by atoms with Gasteiger partial charge in [0.05, 0.1) is 12.0 Å². The Hall–Kier alpha value is -1.06. The van der Waals surface area contributed by atoms with E-state index in [1.807, 2.05) is 26.0 Å². The van der Waals surface area contributed by atoms with Gasteiger partial charge in [0.2, 0.25) is 5.91 Å². The Morgan fingerprint density at radius 3 is 2.44 bits per heavy atom. The lowest BCUT2D eigenvalue weighted by Crippen LogP contribution is -2.44. The van der Waals surface area contributed by atoms with Crippen molar-refractivity contribution in [2.75, 3.05) is 6.54 Å². The van der Waals surface area contributed by atoms with Gasteiger partial charge in [-0.2, -0.15) is 0 Å². The van der Waals surface area contributed by atoms with E-state index in [4.69, 9.17) is 11.6 Å². The Balaban J connectivity index is 2.45. The fraction of sp³-hybridized carbons (Fsp3) is 0.500. The number of aliphatic hydroxyl groups is 1. The van der Waals surface area contributed by atoms with Crippen molar-refractivity contribution in [2.24, 2.45) is 5.92 Å². The molecule has 1 aromatic rings. The molecule has 1 aromatic carbocycles. The van der Waals surface area contributed by atoms with Gasteiger partial charge in [-0.1, -0.05) is 37.6 Å². The first-order valence-electron chi connectivity index (χ1n) is 6.05. The molecule has 0 spiro atoms. The number of amides is 1. The SMILES string of the molecule is CC(C)C(C)(O)CNC(=O)Cc1ccc(Cl)cc1. The second-order valence-electron chi connectivity index (χ2n) is 5.09. The highest BCUT2D eigenvalue weighted by atomic mass is 35.5. The second-order valence-corrected chi connectivity index (χ2v) is 5.53. The van der Waals surface area contributed by atoms with Gasteiger partial charge in [0.15, 0.2) is 0 Å². The quantitative estimate of drug-likeness (QED) is 0.862. The van der Waals surface area contributed by atoms with Crippen molar-refractivity contribution in [1.82, 2.24) is 5.32 Å². The van der Waals surface area contributed by atoms with Gasteiger partial charge < -0.3 is 10.4 Å². The molecule has 0 aromatic heterocycles. The van der Waals surface area contributed by atoms with E-state index in [0.29, 0.717) is 11.4 Å². The Morgan fingerprint density at radius 2 is 1.94 bits per heavy atom. The van der Waals surface area contributed by atoms with Gasteiger partial charge in [-0.15, -0.1) is 0 Å². The highest BCUT2D eigenvalue weighted by Gasteiger charge is 2.25. The molecule has 1 unspecified atom stereocenters. The zero-order valence-corrected chi connectivity index (χ0v) is 11.8. The molecule has 1 amide bonds. The van der Waals surface area contributed by atoms with Gasteiger partial charge in [0.1, 0.15) is 0 Å². The molecular formula is C14H20ClNO2. The van der Waals surface area contributed by atoms with E-state index in [1.165, 1.54) is 0 Å². The van der Waals surface area contributed by atoms with Crippen LogP contribution < -0.4 is 5.32 Å². The van der Waals surface area contributed by atoms with E-state index in [0.717, 1.165) is 5.56 Å². The van der Waals surface area contributed by atoms with E-state index < -0.39 is 5.60 Å². The average molecular weight is 270 g/mol. The molecular weight excluding hydrogens is 250 g/mol. The van der Waals surface area contributed by atoms with Crippen molar-refractivity contribution in [1.29, 1.82) is 0 Å². The Bertz CT molecular complexity index is 399. The van der Waals surface area contributed by atoms with Crippen LogP contribution in [-0.2, 0) is 11.2 Å². The van der Waals surface area contributed by atoms with E-state index in [1.54, 1.807) is 19.1 Å². The number of hydrogen-bond acceptors (Lipinski definition) is 2. The molecule has 0 heterocycles. The first-order valence-corrected chi connectivity index (χ1v) is 6.42. The Kier molecular flexibility index (Phi) is 5.17. The minimum Gasteiger partial charge on any atom is -0.388 e. The first-order chi connectivity index (χ1) is 8.31. The first kappa shape index (κ1) is 15.0. The Morgan fingerprint density at radius 1 is 1.39 bits per heavy atom. The van der Waals surface area contributed by atoms with Crippen molar-refractivity contribution >= 4 is 17.5 Å². The number of hydrogen-bond donors (Lipinski definition) is 2. The van der Waals surface area contributed by atoms with E-state index in [9.17, 15) is 9.90 Å². The fourth-order valence-electron chi connectivity index (χ4n) is 1.33. The van der Waals surface area contributed by atoms with Gasteiger partial charge >= 0.3 is 0 Å². The van der Waals surface area contributed by atoms with Crippen LogP contribution in [0.25, 0.3) is 0 Å². The summed E-state index contributed by atoms with van der Waals surface area (Å²) < 4.78 is 0. The lowest BCUT2D eigenvalue weighted by molar-refractivity contribution is -0.122. The van der Waals surface area contributed by atoms with E-state index in [2.05, 4.69) is 5.32 Å². The fourth-order valence-corrected chi connectivity index (χ4v) is 1.46. The summed E-state index contributed by atoms with van der Waals surface area (Å²) in [6, 6.07) is 7.16. The maximum atomic E-state index is 11.7. The highest BCUT2D eigenvalue weighted by Crippen LogP contribution is 2.14. The number of nitrogens with one attached hydrogen (secondary N) is 1. The molecule has 0 saturated heterocycles. The van der Waals surface area contributed by atoms with Crippen molar-refractivity contribution in [3.63, 3.8) is 0 Å². The third kappa shape index (κ3) is 4.67. The molecule has 2 N–H and O–H groups in total. The monoisotopic (exact) mass is 269 g/mol. The summed E-state index contributed by atoms with van der Waals surface area (Å²) in [6.45, 7) is 5.83. The molecule has 4 heteroatoms. The van der Waals surface area contributed by atoms with Gasteiger partial charge in [-0.3, -0.25) is 4.79 Å². The maximum absolute atomic E-state index is 11.7. The molecule has 0 fully saturated rings. The Labute approximate surface area is 113 Å². The van der Waals surface area contributed by atoms with Crippen LogP contribution in [0.1, 0.15) is 26.3 Å². The predicted octanol–water partition coefficient (Wildman–Crippen LogP) is 2.41. The minimum atomic E-state index is -0.879. The largest absolute Gasteiger partial charge is 0.388 e. The van der Waals surface area contributed by atoms with E-state index >= 15 is 0 Å². The van der Waals surface area contributed by atoms with Crippen LogP contribution in [-0.4, -0.2) is 23.2 Å². The summed E-state index contributed by atoms with van der Waals surface area (Å²) in [5.74, 6) is -0.00780. The second kappa shape index (κ2) is 6.21. The van der Waals surface area contributed by atoms with Crippen LogP contribution >= 0.6 is 11.6 Å². The lowest BCUT2D eigenvalue weighted by atomic mass is 9.92. The van der Waals surface area contributed by atoms with Crippen LogP contribution in [0.5, 0.6) is 0 Å². The predicted molar refractivity (Wildman–Crippen MR) is 73.6 cm³/mol. The smallest absolute Gasteiger partial charge is 0.224 e. The molecule has 0 aliphatic rings. The molecule has 18 heavy (non-hydrogen) atoms. The molecule has 100 valence electrons. The van der Waals surface area contributed by atoms with Crippen LogP contribution in [0.2, 0.25) is 5.02 Å². The number of rotatable bonds is 5. The van der Waals surface area contributed by atoms with Crippen LogP contribution in [0, 0.1) is 5.92 Å². The third-order valence-corrected chi connectivity index (χ3v) is 3.42. The van der Waals surface area contributed by atoms with Crippen molar-refractivity contribution in [3.05, 3.63) is 34.9 Å². The number of carbonyl (C=O) groups is 1. The minimum absolute atomic E-state index is 0.0910. The van der Waals surface area contributed by atoms with Gasteiger partial charge in [0.25, 0.3) is 0 Å². The topological polar surface area (TPSA) is 49.3 Å². The normalized spacial score (nSPS) is 14.3. The molecule has 0 aliphatic carbocycles. The lowest BCUT2D eigenvalue weighted by Gasteiger charge is -2.27. The highest BCUT2D eigenvalue weighted by molar-refractivity contribution is 6.30. The van der Waals surface area contributed by atoms with Crippen LogP contribution in [0.3, 0.4) is 0 Å². The average Bonchev–Trinajstić information content (AvgIpc) is 2.29. The summed E-state index contributed by atoms with van der Waals surface area (Å²) in [5.41, 5.74) is 0.0245. The molecule has 3 nitrogen and oxygen atoms in total. The van der Waals surface area contributed by atoms with Gasteiger partial charge in [0, 0.05) is 11.6 Å².